The van der Waals surface area contributed by atoms with E-state index in [1.165, 1.54) is 11.3 Å². The van der Waals surface area contributed by atoms with E-state index in [0.717, 1.165) is 29.2 Å². The molecule has 3 heterocycles. The first-order chi connectivity index (χ1) is 9.95. The van der Waals surface area contributed by atoms with E-state index in [9.17, 15) is 4.79 Å². The lowest BCUT2D eigenvalue weighted by molar-refractivity contribution is 0.102. The summed E-state index contributed by atoms with van der Waals surface area (Å²) in [5.74, 6) is -0.243. The standard InChI is InChI=1S/C13H18N6OS.ClH/c1-13(2,3)11-18-19-12(21-11)15-10(20)9-7-6-14-5-4-8(7)16-17-9;/h14H,4-6H2,1-3H3,(H,16,17)(H,15,19,20);1H. The molecule has 120 valence electrons. The van der Waals surface area contributed by atoms with Crippen molar-refractivity contribution in [1.82, 2.24) is 25.7 Å². The zero-order valence-corrected chi connectivity index (χ0v) is 14.3. The van der Waals surface area contributed by atoms with Gasteiger partial charge in [0, 0.05) is 36.2 Å². The van der Waals surface area contributed by atoms with Crippen LogP contribution in [0.25, 0.3) is 0 Å². The van der Waals surface area contributed by atoms with E-state index in [-0.39, 0.29) is 23.7 Å². The molecule has 7 nitrogen and oxygen atoms in total. The van der Waals surface area contributed by atoms with Gasteiger partial charge < -0.3 is 5.32 Å². The average molecular weight is 343 g/mol. The second-order valence-corrected chi connectivity index (χ2v) is 7.05. The summed E-state index contributed by atoms with van der Waals surface area (Å²) in [4.78, 5) is 12.3. The van der Waals surface area contributed by atoms with Crippen LogP contribution >= 0.6 is 23.7 Å². The van der Waals surface area contributed by atoms with Crippen molar-refractivity contribution < 1.29 is 4.79 Å². The van der Waals surface area contributed by atoms with Crippen LogP contribution in [0.1, 0.15) is 47.5 Å². The van der Waals surface area contributed by atoms with Crippen LogP contribution in [0, 0.1) is 0 Å². The number of H-pyrrole nitrogens is 1. The fraction of sp³-hybridized carbons (Fsp3) is 0.538. The highest BCUT2D eigenvalue weighted by molar-refractivity contribution is 7.15. The first-order valence-electron chi connectivity index (χ1n) is 6.87. The zero-order chi connectivity index (χ0) is 15.0. The van der Waals surface area contributed by atoms with Crippen molar-refractivity contribution in [2.75, 3.05) is 11.9 Å². The van der Waals surface area contributed by atoms with Gasteiger partial charge in [0.1, 0.15) is 5.01 Å². The van der Waals surface area contributed by atoms with Crippen LogP contribution in [0.4, 0.5) is 5.13 Å². The topological polar surface area (TPSA) is 95.6 Å². The highest BCUT2D eigenvalue weighted by atomic mass is 35.5. The maximum absolute atomic E-state index is 12.3. The highest BCUT2D eigenvalue weighted by Crippen LogP contribution is 2.28. The van der Waals surface area contributed by atoms with Gasteiger partial charge in [0.15, 0.2) is 5.69 Å². The van der Waals surface area contributed by atoms with Crippen molar-refractivity contribution in [1.29, 1.82) is 0 Å². The summed E-state index contributed by atoms with van der Waals surface area (Å²) < 4.78 is 0. The summed E-state index contributed by atoms with van der Waals surface area (Å²) >= 11 is 1.40. The normalized spacial score (nSPS) is 14.1. The molecule has 9 heteroatoms. The van der Waals surface area contributed by atoms with Crippen LogP contribution in [0.5, 0.6) is 0 Å². The van der Waals surface area contributed by atoms with Gasteiger partial charge in [-0.05, 0) is 0 Å². The molecule has 2 aromatic heterocycles. The van der Waals surface area contributed by atoms with Crippen LogP contribution in [-0.4, -0.2) is 32.8 Å². The molecule has 0 radical (unpaired) electrons. The summed E-state index contributed by atoms with van der Waals surface area (Å²) in [6.07, 6.45) is 0.864. The minimum absolute atomic E-state index is 0. The van der Waals surface area contributed by atoms with E-state index in [1.807, 2.05) is 0 Å². The van der Waals surface area contributed by atoms with Crippen molar-refractivity contribution in [2.24, 2.45) is 0 Å². The number of hydrogen-bond donors (Lipinski definition) is 3. The number of hydrogen-bond acceptors (Lipinski definition) is 6. The van der Waals surface area contributed by atoms with E-state index in [2.05, 4.69) is 51.8 Å². The molecule has 22 heavy (non-hydrogen) atoms. The predicted molar refractivity (Wildman–Crippen MR) is 87.8 cm³/mol. The number of anilines is 1. The number of aromatic nitrogens is 4. The molecule has 0 bridgehead atoms. The Hall–Kier alpha value is -1.51. The maximum Gasteiger partial charge on any atom is 0.278 e. The average Bonchev–Trinajstić information content (AvgIpc) is 3.03. The largest absolute Gasteiger partial charge is 0.312 e. The molecule has 0 unspecified atom stereocenters. The van der Waals surface area contributed by atoms with Crippen LogP contribution in [-0.2, 0) is 18.4 Å². The summed E-state index contributed by atoms with van der Waals surface area (Å²) in [7, 11) is 0. The van der Waals surface area contributed by atoms with Crippen molar-refractivity contribution in [3.63, 3.8) is 0 Å². The lowest BCUT2D eigenvalue weighted by Gasteiger charge is -2.12. The molecule has 1 aliphatic heterocycles. The Morgan fingerprint density at radius 1 is 1.32 bits per heavy atom. The zero-order valence-electron chi connectivity index (χ0n) is 12.7. The van der Waals surface area contributed by atoms with E-state index in [0.29, 0.717) is 17.4 Å². The van der Waals surface area contributed by atoms with Crippen molar-refractivity contribution in [2.45, 2.75) is 39.2 Å². The Kier molecular flexibility index (Phi) is 4.84. The number of carbonyl (C=O) groups is 1. The number of nitrogens with one attached hydrogen (secondary N) is 3. The lowest BCUT2D eigenvalue weighted by Crippen LogP contribution is -2.25. The smallest absolute Gasteiger partial charge is 0.278 e. The number of amides is 1. The Balaban J connectivity index is 0.00000176. The van der Waals surface area contributed by atoms with E-state index < -0.39 is 0 Å². The van der Waals surface area contributed by atoms with Crippen LogP contribution in [0.15, 0.2) is 0 Å². The van der Waals surface area contributed by atoms with E-state index in [4.69, 9.17) is 0 Å². The van der Waals surface area contributed by atoms with Gasteiger partial charge in [-0.25, -0.2) is 0 Å². The van der Waals surface area contributed by atoms with Gasteiger partial charge >= 0.3 is 0 Å². The summed E-state index contributed by atoms with van der Waals surface area (Å²) in [6.45, 7) is 7.76. The molecule has 0 atom stereocenters. The Bertz CT molecular complexity index is 674. The molecule has 1 amide bonds. The minimum atomic E-state index is -0.243. The Morgan fingerprint density at radius 2 is 2.09 bits per heavy atom. The van der Waals surface area contributed by atoms with Gasteiger partial charge in [0.25, 0.3) is 5.91 Å². The number of aromatic amines is 1. The quantitative estimate of drug-likeness (QED) is 0.774. The third-order valence-corrected chi connectivity index (χ3v) is 4.57. The Morgan fingerprint density at radius 3 is 2.77 bits per heavy atom. The maximum atomic E-state index is 12.3. The molecule has 0 fully saturated rings. The van der Waals surface area contributed by atoms with Crippen molar-refractivity contribution in [3.8, 4) is 0 Å². The molecule has 3 rings (SSSR count). The fourth-order valence-corrected chi connectivity index (χ4v) is 2.94. The molecule has 3 N–H and O–H groups in total. The number of nitrogens with zero attached hydrogens (tertiary/aromatic N) is 3. The number of fused-ring (bicyclic) bond motifs is 1. The van der Waals surface area contributed by atoms with Gasteiger partial charge in [0.05, 0.1) is 0 Å². The first kappa shape index (κ1) is 16.9. The van der Waals surface area contributed by atoms with Crippen LogP contribution in [0.3, 0.4) is 0 Å². The van der Waals surface area contributed by atoms with Crippen LogP contribution in [0.2, 0.25) is 0 Å². The summed E-state index contributed by atoms with van der Waals surface area (Å²) in [6, 6.07) is 0. The molecule has 0 aliphatic carbocycles. The molecule has 0 aromatic carbocycles. The lowest BCUT2D eigenvalue weighted by atomic mass is 9.98. The van der Waals surface area contributed by atoms with Gasteiger partial charge in [-0.3, -0.25) is 15.2 Å². The second kappa shape index (κ2) is 6.31. The minimum Gasteiger partial charge on any atom is -0.312 e. The monoisotopic (exact) mass is 342 g/mol. The molecular formula is C13H19ClN6OS. The molecule has 2 aromatic rings. The van der Waals surface area contributed by atoms with Crippen molar-refractivity contribution in [3.05, 3.63) is 22.0 Å². The van der Waals surface area contributed by atoms with Crippen LogP contribution < -0.4 is 10.6 Å². The number of carbonyl (C=O) groups excluding carboxylic acids is 1. The molecule has 1 aliphatic rings. The van der Waals surface area contributed by atoms with E-state index >= 15 is 0 Å². The molecular weight excluding hydrogens is 324 g/mol. The van der Waals surface area contributed by atoms with Gasteiger partial charge in [-0.1, -0.05) is 32.1 Å². The Labute approximate surface area is 138 Å². The van der Waals surface area contributed by atoms with Crippen molar-refractivity contribution >= 4 is 34.8 Å². The highest BCUT2D eigenvalue weighted by Gasteiger charge is 2.24. The van der Waals surface area contributed by atoms with Gasteiger partial charge in [0.2, 0.25) is 5.13 Å². The summed E-state index contributed by atoms with van der Waals surface area (Å²) in [5, 5.41) is 22.6. The fourth-order valence-electron chi connectivity index (χ4n) is 2.15. The SMILES string of the molecule is CC(C)(C)c1nnc(NC(=O)c2n[nH]c3c2CNCC3)s1.Cl. The third-order valence-electron chi connectivity index (χ3n) is 3.31. The molecule has 0 saturated heterocycles. The number of halogens is 1. The third kappa shape index (κ3) is 3.29. The number of rotatable bonds is 2. The molecule has 0 saturated carbocycles. The summed E-state index contributed by atoms with van der Waals surface area (Å²) in [5.41, 5.74) is 2.34. The molecule has 0 spiro atoms. The van der Waals surface area contributed by atoms with Gasteiger partial charge in [-0.15, -0.1) is 22.6 Å². The van der Waals surface area contributed by atoms with Gasteiger partial charge in [-0.2, -0.15) is 5.10 Å². The second-order valence-electron chi connectivity index (χ2n) is 6.07. The predicted octanol–water partition coefficient (Wildman–Crippen LogP) is 1.88. The first-order valence-corrected chi connectivity index (χ1v) is 7.69. The van der Waals surface area contributed by atoms with E-state index in [1.54, 1.807) is 0 Å².